The van der Waals surface area contributed by atoms with Gasteiger partial charge in [-0.05, 0) is 36.3 Å². The van der Waals surface area contributed by atoms with Gasteiger partial charge < -0.3 is 5.73 Å². The number of thiophene rings is 1. The van der Waals surface area contributed by atoms with Crippen molar-refractivity contribution in [3.63, 3.8) is 0 Å². The molecule has 16 heavy (non-hydrogen) atoms. The number of nitrogens with two attached hydrogens (primary N) is 1. The zero-order chi connectivity index (χ0) is 11.8. The number of halogens is 1. The Morgan fingerprint density at radius 3 is 2.75 bits per heavy atom. The van der Waals surface area contributed by atoms with E-state index in [0.717, 1.165) is 4.34 Å². The summed E-state index contributed by atoms with van der Waals surface area (Å²) in [5, 5.41) is 0. The smallest absolute Gasteiger partial charge is 0.0931 e. The summed E-state index contributed by atoms with van der Waals surface area (Å²) in [6.45, 7) is 4.71. The minimum absolute atomic E-state index is 0.160. The van der Waals surface area contributed by atoms with E-state index in [9.17, 15) is 0 Å². The van der Waals surface area contributed by atoms with E-state index >= 15 is 0 Å². The average molecular weight is 258 g/mol. The van der Waals surface area contributed by atoms with Gasteiger partial charge in [0, 0.05) is 10.9 Å². The Kier molecular flexibility index (Phi) is 3.62. The van der Waals surface area contributed by atoms with E-state index in [1.807, 2.05) is 6.07 Å². The summed E-state index contributed by atoms with van der Waals surface area (Å²) in [6, 6.07) is 4.20. The van der Waals surface area contributed by atoms with Crippen LogP contribution in [0.2, 0.25) is 4.34 Å². The predicted molar refractivity (Wildman–Crippen MR) is 72.0 cm³/mol. The molecule has 0 amide bonds. The SMILES string of the molecule is CC1(C)CCCCC1C(N)c1ccc(Cl)s1. The maximum atomic E-state index is 6.41. The normalized spacial score (nSPS) is 26.6. The van der Waals surface area contributed by atoms with Crippen molar-refractivity contribution < 1.29 is 0 Å². The molecule has 2 rings (SSSR count). The first-order chi connectivity index (χ1) is 7.50. The summed E-state index contributed by atoms with van der Waals surface area (Å²) >= 11 is 7.61. The lowest BCUT2D eigenvalue weighted by molar-refractivity contribution is 0.114. The second-order valence-electron chi connectivity index (χ2n) is 5.51. The van der Waals surface area contributed by atoms with Gasteiger partial charge in [0.2, 0.25) is 0 Å². The van der Waals surface area contributed by atoms with Crippen LogP contribution in [0.4, 0.5) is 0 Å². The molecule has 2 atom stereocenters. The number of hydrogen-bond acceptors (Lipinski definition) is 2. The second-order valence-corrected chi connectivity index (χ2v) is 7.26. The molecule has 2 unspecified atom stereocenters. The van der Waals surface area contributed by atoms with Gasteiger partial charge in [-0.15, -0.1) is 11.3 Å². The first kappa shape index (κ1) is 12.4. The Hall–Kier alpha value is -0.0500. The summed E-state index contributed by atoms with van der Waals surface area (Å²) in [5.41, 5.74) is 6.78. The largest absolute Gasteiger partial charge is 0.323 e. The third-order valence-electron chi connectivity index (χ3n) is 3.95. The van der Waals surface area contributed by atoms with Crippen molar-refractivity contribution in [3.05, 3.63) is 21.3 Å². The van der Waals surface area contributed by atoms with Crippen molar-refractivity contribution >= 4 is 22.9 Å². The van der Waals surface area contributed by atoms with Gasteiger partial charge in [-0.1, -0.05) is 38.3 Å². The Morgan fingerprint density at radius 2 is 2.19 bits per heavy atom. The number of rotatable bonds is 2. The summed E-state index contributed by atoms with van der Waals surface area (Å²) in [5.74, 6) is 0.593. The molecule has 90 valence electrons. The molecule has 0 radical (unpaired) electrons. The van der Waals surface area contributed by atoms with Crippen LogP contribution >= 0.6 is 22.9 Å². The molecule has 1 aromatic heterocycles. The molecule has 1 aliphatic rings. The van der Waals surface area contributed by atoms with Gasteiger partial charge >= 0.3 is 0 Å². The van der Waals surface area contributed by atoms with Crippen LogP contribution in [-0.4, -0.2) is 0 Å². The molecule has 0 aromatic carbocycles. The van der Waals surface area contributed by atoms with E-state index in [1.54, 1.807) is 11.3 Å². The molecular weight excluding hydrogens is 238 g/mol. The van der Waals surface area contributed by atoms with Gasteiger partial charge in [0.1, 0.15) is 0 Å². The molecule has 1 saturated carbocycles. The minimum Gasteiger partial charge on any atom is -0.323 e. The second kappa shape index (κ2) is 4.67. The van der Waals surface area contributed by atoms with Gasteiger partial charge in [0.15, 0.2) is 0 Å². The molecule has 1 heterocycles. The Bertz CT molecular complexity index is 359. The van der Waals surface area contributed by atoms with Crippen molar-refractivity contribution in [1.82, 2.24) is 0 Å². The van der Waals surface area contributed by atoms with Crippen LogP contribution in [0.1, 0.15) is 50.4 Å². The van der Waals surface area contributed by atoms with Gasteiger partial charge in [-0.25, -0.2) is 0 Å². The maximum Gasteiger partial charge on any atom is 0.0931 e. The van der Waals surface area contributed by atoms with E-state index in [1.165, 1.54) is 30.6 Å². The van der Waals surface area contributed by atoms with Crippen molar-refractivity contribution in [2.45, 2.75) is 45.6 Å². The topological polar surface area (TPSA) is 26.0 Å². The van der Waals surface area contributed by atoms with Crippen LogP contribution in [0.15, 0.2) is 12.1 Å². The Morgan fingerprint density at radius 1 is 1.44 bits per heavy atom. The highest BCUT2D eigenvalue weighted by atomic mass is 35.5. The third-order valence-corrected chi connectivity index (χ3v) is 5.28. The summed E-state index contributed by atoms with van der Waals surface area (Å²) in [6.07, 6.45) is 5.22. The van der Waals surface area contributed by atoms with Gasteiger partial charge in [0.05, 0.1) is 4.34 Å². The quantitative estimate of drug-likeness (QED) is 0.822. The fraction of sp³-hybridized carbons (Fsp3) is 0.692. The Balaban J connectivity index is 2.17. The summed E-state index contributed by atoms with van der Waals surface area (Å²) in [7, 11) is 0. The lowest BCUT2D eigenvalue weighted by Crippen LogP contribution is -2.35. The molecule has 0 spiro atoms. The fourth-order valence-electron chi connectivity index (χ4n) is 2.89. The molecule has 1 fully saturated rings. The van der Waals surface area contributed by atoms with Crippen LogP contribution in [0.25, 0.3) is 0 Å². The van der Waals surface area contributed by atoms with Crippen molar-refractivity contribution in [2.24, 2.45) is 17.1 Å². The molecule has 1 aromatic rings. The van der Waals surface area contributed by atoms with Crippen LogP contribution in [0, 0.1) is 11.3 Å². The molecular formula is C13H20ClNS. The van der Waals surface area contributed by atoms with Gasteiger partial charge in [-0.3, -0.25) is 0 Å². The molecule has 1 nitrogen and oxygen atoms in total. The van der Waals surface area contributed by atoms with E-state index in [2.05, 4.69) is 19.9 Å². The maximum absolute atomic E-state index is 6.41. The first-order valence-corrected chi connectivity index (χ1v) is 7.21. The molecule has 0 aliphatic heterocycles. The van der Waals surface area contributed by atoms with Crippen LogP contribution in [0.3, 0.4) is 0 Å². The zero-order valence-corrected chi connectivity index (χ0v) is 11.6. The molecule has 0 bridgehead atoms. The molecule has 1 aliphatic carbocycles. The predicted octanol–water partition coefficient (Wildman–Crippen LogP) is 4.62. The van der Waals surface area contributed by atoms with E-state index in [0.29, 0.717) is 11.3 Å². The van der Waals surface area contributed by atoms with Gasteiger partial charge in [0.25, 0.3) is 0 Å². The lowest BCUT2D eigenvalue weighted by Gasteiger charge is -2.41. The zero-order valence-electron chi connectivity index (χ0n) is 10.0. The van der Waals surface area contributed by atoms with Gasteiger partial charge in [-0.2, -0.15) is 0 Å². The monoisotopic (exact) mass is 257 g/mol. The first-order valence-electron chi connectivity index (χ1n) is 6.01. The van der Waals surface area contributed by atoms with Crippen molar-refractivity contribution in [1.29, 1.82) is 0 Å². The number of hydrogen-bond donors (Lipinski definition) is 1. The lowest BCUT2D eigenvalue weighted by atomic mass is 9.66. The van der Waals surface area contributed by atoms with Crippen LogP contribution in [0.5, 0.6) is 0 Å². The highest BCUT2D eigenvalue weighted by Crippen LogP contribution is 2.47. The molecule has 3 heteroatoms. The van der Waals surface area contributed by atoms with Crippen LogP contribution < -0.4 is 5.73 Å². The van der Waals surface area contributed by atoms with Crippen LogP contribution in [-0.2, 0) is 0 Å². The fourth-order valence-corrected chi connectivity index (χ4v) is 4.02. The highest BCUT2D eigenvalue weighted by molar-refractivity contribution is 7.16. The molecule has 0 saturated heterocycles. The standard InChI is InChI=1S/C13H20ClNS/c1-13(2)8-4-3-5-9(13)12(15)10-6-7-11(14)16-10/h6-7,9,12H,3-5,8,15H2,1-2H3. The minimum atomic E-state index is 0.160. The van der Waals surface area contributed by atoms with E-state index < -0.39 is 0 Å². The third kappa shape index (κ3) is 2.44. The van der Waals surface area contributed by atoms with Crippen molar-refractivity contribution in [2.75, 3.05) is 0 Å². The highest BCUT2D eigenvalue weighted by Gasteiger charge is 2.36. The summed E-state index contributed by atoms with van der Waals surface area (Å²) in [4.78, 5) is 1.24. The Labute approximate surface area is 107 Å². The summed E-state index contributed by atoms with van der Waals surface area (Å²) < 4.78 is 0.846. The average Bonchev–Trinajstić information content (AvgIpc) is 2.63. The van der Waals surface area contributed by atoms with Crippen molar-refractivity contribution in [3.8, 4) is 0 Å². The molecule has 2 N–H and O–H groups in total. The van der Waals surface area contributed by atoms with E-state index in [-0.39, 0.29) is 6.04 Å². The van der Waals surface area contributed by atoms with E-state index in [4.69, 9.17) is 17.3 Å².